The molecular formula is C23H23F2N7O2. The molecule has 9 nitrogen and oxygen atoms in total. The largest absolute Gasteiger partial charge is 0.379 e. The van der Waals surface area contributed by atoms with Crippen molar-refractivity contribution in [2.24, 2.45) is 0 Å². The highest BCUT2D eigenvalue weighted by Crippen LogP contribution is 2.38. The van der Waals surface area contributed by atoms with Gasteiger partial charge >= 0.3 is 0 Å². The quantitative estimate of drug-likeness (QED) is 0.468. The monoisotopic (exact) mass is 467 g/mol. The summed E-state index contributed by atoms with van der Waals surface area (Å²) in [5, 5.41) is 10.7. The van der Waals surface area contributed by atoms with E-state index in [2.05, 4.69) is 25.3 Å². The molecule has 0 radical (unpaired) electrons. The molecule has 0 unspecified atom stereocenters. The van der Waals surface area contributed by atoms with Gasteiger partial charge in [-0.25, -0.2) is 18.7 Å². The van der Waals surface area contributed by atoms with Gasteiger partial charge in [-0.2, -0.15) is 9.61 Å². The Morgan fingerprint density at radius 2 is 2.18 bits per heavy atom. The number of ether oxygens (including phenoxy) is 1. The lowest BCUT2D eigenvalue weighted by Gasteiger charge is -2.36. The molecule has 1 aliphatic carbocycles. The Bertz CT molecular complexity index is 1410. The van der Waals surface area contributed by atoms with Crippen LogP contribution in [0.4, 0.5) is 14.6 Å². The lowest BCUT2D eigenvalue weighted by molar-refractivity contribution is -0.102. The Kier molecular flexibility index (Phi) is 4.76. The van der Waals surface area contributed by atoms with Crippen molar-refractivity contribution in [2.75, 3.05) is 25.6 Å². The van der Waals surface area contributed by atoms with Crippen LogP contribution in [-0.2, 0) is 4.74 Å². The fourth-order valence-corrected chi connectivity index (χ4v) is 4.67. The first kappa shape index (κ1) is 21.0. The first-order valence-corrected chi connectivity index (χ1v) is 11.2. The number of carbonyl (C=O) groups is 1. The van der Waals surface area contributed by atoms with Gasteiger partial charge < -0.3 is 19.9 Å². The van der Waals surface area contributed by atoms with Crippen LogP contribution in [0.2, 0.25) is 0 Å². The van der Waals surface area contributed by atoms with Gasteiger partial charge in [0.05, 0.1) is 30.6 Å². The number of pyridine rings is 1. The molecule has 11 heteroatoms. The summed E-state index contributed by atoms with van der Waals surface area (Å²) in [6, 6.07) is 4.71. The second-order valence-corrected chi connectivity index (χ2v) is 8.74. The maximum Gasteiger partial charge on any atom is 0.267 e. The van der Waals surface area contributed by atoms with E-state index in [9.17, 15) is 13.6 Å². The maximum atomic E-state index is 13.7. The number of nitrogens with zero attached hydrogens (tertiary/aromatic N) is 5. The molecule has 4 aromatic rings. The van der Waals surface area contributed by atoms with Crippen molar-refractivity contribution in [3.05, 3.63) is 42.4 Å². The lowest BCUT2D eigenvalue weighted by Crippen LogP contribution is -2.55. The molecule has 34 heavy (non-hydrogen) atoms. The molecule has 2 aliphatic rings. The van der Waals surface area contributed by atoms with Gasteiger partial charge in [-0.05, 0) is 25.0 Å². The van der Waals surface area contributed by atoms with Gasteiger partial charge in [0.2, 0.25) is 0 Å². The summed E-state index contributed by atoms with van der Waals surface area (Å²) in [5.41, 5.74) is 2.74. The zero-order chi connectivity index (χ0) is 23.4. The molecular weight excluding hydrogens is 444 g/mol. The molecule has 1 saturated heterocycles. The fraction of sp³-hybridized carbons (Fsp3) is 0.391. The predicted octanol–water partition coefficient (Wildman–Crippen LogP) is 3.28. The molecule has 1 aliphatic heterocycles. The number of hydrogen-bond donors (Lipinski definition) is 2. The zero-order valence-corrected chi connectivity index (χ0v) is 18.5. The van der Waals surface area contributed by atoms with E-state index in [4.69, 9.17) is 9.72 Å². The lowest BCUT2D eigenvalue weighted by atomic mass is 9.88. The second kappa shape index (κ2) is 7.73. The number of rotatable bonds is 5. The first-order valence-electron chi connectivity index (χ1n) is 11.2. The molecule has 2 fully saturated rings. The van der Waals surface area contributed by atoms with Crippen LogP contribution >= 0.6 is 0 Å². The molecule has 0 spiro atoms. The molecule has 0 bridgehead atoms. The molecule has 0 aromatic carbocycles. The van der Waals surface area contributed by atoms with E-state index < -0.39 is 17.9 Å². The number of alkyl halides is 2. The smallest absolute Gasteiger partial charge is 0.267 e. The van der Waals surface area contributed by atoms with Crippen LogP contribution in [0.3, 0.4) is 0 Å². The first-order chi connectivity index (χ1) is 16.5. The van der Waals surface area contributed by atoms with E-state index >= 15 is 0 Å². The van der Waals surface area contributed by atoms with Gasteiger partial charge in [0.1, 0.15) is 17.0 Å². The summed E-state index contributed by atoms with van der Waals surface area (Å²) in [6.45, 7) is 1.32. The molecule has 1 amide bonds. The van der Waals surface area contributed by atoms with Crippen molar-refractivity contribution in [2.45, 2.75) is 37.3 Å². The highest BCUT2D eigenvalue weighted by atomic mass is 19.3. The molecule has 5 heterocycles. The van der Waals surface area contributed by atoms with Crippen molar-refractivity contribution >= 4 is 28.4 Å². The van der Waals surface area contributed by atoms with Crippen LogP contribution in [0.25, 0.3) is 27.9 Å². The summed E-state index contributed by atoms with van der Waals surface area (Å²) in [6.07, 6.45) is 6.05. The van der Waals surface area contributed by atoms with Crippen LogP contribution in [0.15, 0.2) is 36.8 Å². The minimum absolute atomic E-state index is 0.145. The van der Waals surface area contributed by atoms with E-state index in [1.165, 1.54) is 10.7 Å². The molecule has 2 N–H and O–H groups in total. The van der Waals surface area contributed by atoms with Crippen LogP contribution in [-0.4, -0.2) is 62.3 Å². The summed E-state index contributed by atoms with van der Waals surface area (Å²) >= 11 is 0. The third kappa shape index (κ3) is 3.22. The average Bonchev–Trinajstić information content (AvgIpc) is 3.59. The van der Waals surface area contributed by atoms with Crippen LogP contribution in [0, 0.1) is 0 Å². The molecule has 4 aromatic heterocycles. The maximum absolute atomic E-state index is 13.7. The Hall–Kier alpha value is -3.60. The van der Waals surface area contributed by atoms with Gasteiger partial charge in [-0.1, -0.05) is 0 Å². The molecule has 176 valence electrons. The molecule has 2 atom stereocenters. The van der Waals surface area contributed by atoms with E-state index in [0.29, 0.717) is 24.7 Å². The zero-order valence-electron chi connectivity index (χ0n) is 18.5. The molecule has 1 saturated carbocycles. The van der Waals surface area contributed by atoms with Gasteiger partial charge in [0.25, 0.3) is 11.8 Å². The third-order valence-electron chi connectivity index (χ3n) is 6.72. The Labute approximate surface area is 193 Å². The minimum atomic E-state index is -2.88. The highest BCUT2D eigenvalue weighted by Gasteiger charge is 2.49. The van der Waals surface area contributed by atoms with Crippen molar-refractivity contribution in [1.82, 2.24) is 29.5 Å². The van der Waals surface area contributed by atoms with E-state index in [1.54, 1.807) is 13.2 Å². The number of hydrogen-bond acceptors (Lipinski definition) is 6. The third-order valence-corrected chi connectivity index (χ3v) is 6.72. The molecule has 6 rings (SSSR count). The number of anilines is 1. The number of amides is 1. The summed E-state index contributed by atoms with van der Waals surface area (Å²) in [7, 11) is 1.75. The SMILES string of the molecule is CNc1cc(-c2cn([C@H]3CCOC3)c3ncccc23)nc2c(C(=O)N[C@@H]3CCC3(F)F)cnn12. The van der Waals surface area contributed by atoms with Crippen LogP contribution in [0.5, 0.6) is 0 Å². The highest BCUT2D eigenvalue weighted by molar-refractivity contribution is 6.01. The number of nitrogens with one attached hydrogen (secondary N) is 2. The average molecular weight is 467 g/mol. The summed E-state index contributed by atoms with van der Waals surface area (Å²) in [4.78, 5) is 22.2. The standard InChI is InChI=1S/C23H23F2N7O2/c1-26-19-9-17(16-11-31(13-5-8-34-12-13)20-14(16)3-2-7-27-20)29-21-15(10-28-32(19)21)22(33)30-18-4-6-23(18,24)25/h2-3,7,9-11,13,18,26H,4-6,8,12H2,1H3,(H,30,33)/t13-,18+/m0/s1. The second-order valence-electron chi connectivity index (χ2n) is 8.74. The minimum Gasteiger partial charge on any atom is -0.379 e. The van der Waals surface area contributed by atoms with E-state index in [-0.39, 0.29) is 30.1 Å². The summed E-state index contributed by atoms with van der Waals surface area (Å²) in [5.74, 6) is -2.88. The number of aromatic nitrogens is 5. The number of fused-ring (bicyclic) bond motifs is 2. The van der Waals surface area contributed by atoms with Crippen molar-refractivity contribution in [3.8, 4) is 11.3 Å². The van der Waals surface area contributed by atoms with E-state index in [0.717, 1.165) is 23.0 Å². The van der Waals surface area contributed by atoms with Crippen molar-refractivity contribution in [3.63, 3.8) is 0 Å². The predicted molar refractivity (Wildman–Crippen MR) is 121 cm³/mol. The van der Waals surface area contributed by atoms with E-state index in [1.807, 2.05) is 24.4 Å². The Morgan fingerprint density at radius 3 is 2.88 bits per heavy atom. The Morgan fingerprint density at radius 1 is 1.29 bits per heavy atom. The topological polar surface area (TPSA) is 98.4 Å². The van der Waals surface area contributed by atoms with Gasteiger partial charge in [0.15, 0.2) is 5.65 Å². The van der Waals surface area contributed by atoms with Gasteiger partial charge in [-0.15, -0.1) is 0 Å². The number of carbonyl (C=O) groups excluding carboxylic acids is 1. The van der Waals surface area contributed by atoms with Gasteiger partial charge in [0, 0.05) is 49.5 Å². The number of halogens is 2. The summed E-state index contributed by atoms with van der Waals surface area (Å²) < 4.78 is 36.6. The van der Waals surface area contributed by atoms with Crippen molar-refractivity contribution < 1.29 is 18.3 Å². The van der Waals surface area contributed by atoms with Crippen LogP contribution < -0.4 is 10.6 Å². The van der Waals surface area contributed by atoms with Gasteiger partial charge in [-0.3, -0.25) is 4.79 Å². The fourth-order valence-electron chi connectivity index (χ4n) is 4.67. The Balaban J connectivity index is 1.46. The normalized spacial score (nSPS) is 21.6. The van der Waals surface area contributed by atoms with Crippen molar-refractivity contribution in [1.29, 1.82) is 0 Å². The van der Waals surface area contributed by atoms with Crippen LogP contribution in [0.1, 0.15) is 35.7 Å².